The molecule has 112 valence electrons. The van der Waals surface area contributed by atoms with Crippen LogP contribution in [-0.4, -0.2) is 42.1 Å². The van der Waals surface area contributed by atoms with E-state index < -0.39 is 12.2 Å². The molecular formula is C15H23ClN2O2. The van der Waals surface area contributed by atoms with Crippen LogP contribution in [0.25, 0.3) is 0 Å². The number of aliphatic hydroxyl groups excluding tert-OH is 2. The molecule has 1 heterocycles. The Bertz CT molecular complexity index is 445. The normalized spacial score (nSPS) is 24.1. The van der Waals surface area contributed by atoms with Gasteiger partial charge in [0.25, 0.3) is 0 Å². The highest BCUT2D eigenvalue weighted by molar-refractivity contribution is 6.33. The molecule has 4 nitrogen and oxygen atoms in total. The van der Waals surface area contributed by atoms with E-state index >= 15 is 0 Å². The second-order valence-corrected chi connectivity index (χ2v) is 5.83. The summed E-state index contributed by atoms with van der Waals surface area (Å²) in [6.45, 7) is 6.07. The van der Waals surface area contributed by atoms with E-state index in [2.05, 4.69) is 19.2 Å². The molecule has 0 aromatic heterocycles. The zero-order valence-corrected chi connectivity index (χ0v) is 12.8. The van der Waals surface area contributed by atoms with Crippen LogP contribution >= 0.6 is 11.6 Å². The maximum Gasteiger partial charge on any atom is 0.0990 e. The fraction of sp³-hybridized carbons (Fsp3) is 0.600. The Morgan fingerprint density at radius 1 is 1.35 bits per heavy atom. The molecule has 1 aromatic rings. The standard InChI is InChI=1S/C15H23ClN2O2/c1-3-6-17-10(2)11-4-5-13(12(16)7-11)18-8-14(19)15(20)9-18/h4-5,7,10,14-15,17,19-20H,3,6,8-9H2,1-2H3. The summed E-state index contributed by atoms with van der Waals surface area (Å²) in [4.78, 5) is 1.92. The van der Waals surface area contributed by atoms with Gasteiger partial charge in [0.1, 0.15) is 0 Å². The van der Waals surface area contributed by atoms with E-state index in [9.17, 15) is 10.2 Å². The number of nitrogens with one attached hydrogen (secondary N) is 1. The lowest BCUT2D eigenvalue weighted by molar-refractivity contribution is 0.0572. The lowest BCUT2D eigenvalue weighted by atomic mass is 10.1. The molecule has 0 bridgehead atoms. The van der Waals surface area contributed by atoms with Crippen LogP contribution in [0.1, 0.15) is 31.9 Å². The van der Waals surface area contributed by atoms with E-state index in [1.807, 2.05) is 23.1 Å². The highest BCUT2D eigenvalue weighted by Gasteiger charge is 2.30. The molecule has 3 N–H and O–H groups in total. The molecule has 0 amide bonds. The van der Waals surface area contributed by atoms with Gasteiger partial charge < -0.3 is 20.4 Å². The van der Waals surface area contributed by atoms with E-state index in [1.54, 1.807) is 0 Å². The minimum absolute atomic E-state index is 0.260. The van der Waals surface area contributed by atoms with Gasteiger partial charge in [-0.15, -0.1) is 0 Å². The van der Waals surface area contributed by atoms with E-state index in [1.165, 1.54) is 0 Å². The smallest absolute Gasteiger partial charge is 0.0990 e. The first-order chi connectivity index (χ1) is 9.52. The third-order valence-corrected chi connectivity index (χ3v) is 4.07. The number of benzene rings is 1. The first-order valence-electron chi connectivity index (χ1n) is 7.16. The predicted molar refractivity (Wildman–Crippen MR) is 82.4 cm³/mol. The van der Waals surface area contributed by atoms with E-state index in [0.717, 1.165) is 24.2 Å². The zero-order chi connectivity index (χ0) is 14.7. The molecule has 3 atom stereocenters. The van der Waals surface area contributed by atoms with Crippen LogP contribution < -0.4 is 10.2 Å². The zero-order valence-electron chi connectivity index (χ0n) is 12.0. The Kier molecular flexibility index (Phi) is 5.27. The quantitative estimate of drug-likeness (QED) is 0.778. The second-order valence-electron chi connectivity index (χ2n) is 5.43. The van der Waals surface area contributed by atoms with Crippen LogP contribution in [-0.2, 0) is 0 Å². The average molecular weight is 299 g/mol. The Morgan fingerprint density at radius 2 is 2.00 bits per heavy atom. The third-order valence-electron chi connectivity index (χ3n) is 3.77. The molecule has 0 spiro atoms. The number of anilines is 1. The van der Waals surface area contributed by atoms with Gasteiger partial charge in [-0.3, -0.25) is 0 Å². The Balaban J connectivity index is 2.10. The molecule has 0 saturated carbocycles. The summed E-state index contributed by atoms with van der Waals surface area (Å²) < 4.78 is 0. The van der Waals surface area contributed by atoms with Crippen molar-refractivity contribution < 1.29 is 10.2 Å². The van der Waals surface area contributed by atoms with Crippen LogP contribution in [0, 0.1) is 0 Å². The van der Waals surface area contributed by atoms with Crippen LogP contribution in [0.4, 0.5) is 5.69 Å². The van der Waals surface area contributed by atoms with Gasteiger partial charge in [-0.2, -0.15) is 0 Å². The average Bonchev–Trinajstić information content (AvgIpc) is 2.75. The van der Waals surface area contributed by atoms with E-state index in [4.69, 9.17) is 11.6 Å². The van der Waals surface area contributed by atoms with Crippen molar-refractivity contribution in [2.45, 2.75) is 38.5 Å². The van der Waals surface area contributed by atoms with Crippen molar-refractivity contribution in [2.24, 2.45) is 0 Å². The largest absolute Gasteiger partial charge is 0.389 e. The number of hydrogen-bond donors (Lipinski definition) is 3. The molecule has 1 aliphatic heterocycles. The maximum absolute atomic E-state index is 9.62. The first-order valence-corrected chi connectivity index (χ1v) is 7.54. The molecular weight excluding hydrogens is 276 g/mol. The number of β-amino-alcohol motifs (C(OH)–C–C–N with tert-alkyl or cyclic N) is 2. The number of rotatable bonds is 5. The second kappa shape index (κ2) is 6.76. The molecule has 1 fully saturated rings. The Labute approximate surface area is 125 Å². The molecule has 5 heteroatoms. The number of nitrogens with zero attached hydrogens (tertiary/aromatic N) is 1. The van der Waals surface area contributed by atoms with E-state index in [0.29, 0.717) is 18.1 Å². The maximum atomic E-state index is 9.62. The van der Waals surface area contributed by atoms with Crippen molar-refractivity contribution in [3.8, 4) is 0 Å². The van der Waals surface area contributed by atoms with Crippen molar-refractivity contribution in [2.75, 3.05) is 24.5 Å². The van der Waals surface area contributed by atoms with Gasteiger partial charge in [-0.1, -0.05) is 24.6 Å². The fourth-order valence-electron chi connectivity index (χ4n) is 2.49. The molecule has 20 heavy (non-hydrogen) atoms. The van der Waals surface area contributed by atoms with E-state index in [-0.39, 0.29) is 6.04 Å². The summed E-state index contributed by atoms with van der Waals surface area (Å²) in [6.07, 6.45) is -0.300. The van der Waals surface area contributed by atoms with Crippen molar-refractivity contribution >= 4 is 17.3 Å². The molecule has 0 radical (unpaired) electrons. The number of aliphatic hydroxyl groups is 2. The minimum atomic E-state index is -0.698. The van der Waals surface area contributed by atoms with Crippen molar-refractivity contribution in [3.63, 3.8) is 0 Å². The Hall–Kier alpha value is -0.810. The molecule has 1 saturated heterocycles. The van der Waals surface area contributed by atoms with Crippen LogP contribution in [0.3, 0.4) is 0 Å². The van der Waals surface area contributed by atoms with Crippen molar-refractivity contribution in [1.82, 2.24) is 5.32 Å². The van der Waals surface area contributed by atoms with Gasteiger partial charge in [-0.05, 0) is 37.6 Å². The summed E-state index contributed by atoms with van der Waals surface area (Å²) >= 11 is 6.35. The highest BCUT2D eigenvalue weighted by atomic mass is 35.5. The van der Waals surface area contributed by atoms with Gasteiger partial charge >= 0.3 is 0 Å². The van der Waals surface area contributed by atoms with Gasteiger partial charge in [0.2, 0.25) is 0 Å². The fourth-order valence-corrected chi connectivity index (χ4v) is 2.80. The molecule has 0 aliphatic carbocycles. The summed E-state index contributed by atoms with van der Waals surface area (Å²) in [6, 6.07) is 6.23. The van der Waals surface area contributed by atoms with Crippen molar-refractivity contribution in [3.05, 3.63) is 28.8 Å². The van der Waals surface area contributed by atoms with Gasteiger partial charge in [0, 0.05) is 19.1 Å². The summed E-state index contributed by atoms with van der Waals surface area (Å²) in [5.74, 6) is 0. The van der Waals surface area contributed by atoms with Gasteiger partial charge in [0.05, 0.1) is 22.9 Å². The monoisotopic (exact) mass is 298 g/mol. The third kappa shape index (κ3) is 3.44. The molecule has 3 unspecified atom stereocenters. The van der Waals surface area contributed by atoms with Gasteiger partial charge in [-0.25, -0.2) is 0 Å². The Morgan fingerprint density at radius 3 is 2.55 bits per heavy atom. The summed E-state index contributed by atoms with van der Waals surface area (Å²) in [7, 11) is 0. The lowest BCUT2D eigenvalue weighted by Gasteiger charge is -2.21. The minimum Gasteiger partial charge on any atom is -0.389 e. The SMILES string of the molecule is CCCNC(C)c1ccc(N2CC(O)C(O)C2)c(Cl)c1. The lowest BCUT2D eigenvalue weighted by Crippen LogP contribution is -2.22. The topological polar surface area (TPSA) is 55.7 Å². The van der Waals surface area contributed by atoms with Crippen molar-refractivity contribution in [1.29, 1.82) is 0 Å². The first kappa shape index (κ1) is 15.6. The van der Waals surface area contributed by atoms with Crippen LogP contribution in [0.5, 0.6) is 0 Å². The molecule has 1 aromatic carbocycles. The summed E-state index contributed by atoms with van der Waals surface area (Å²) in [5.41, 5.74) is 2.02. The number of halogens is 1. The van der Waals surface area contributed by atoms with Gasteiger partial charge in [0.15, 0.2) is 0 Å². The van der Waals surface area contributed by atoms with Crippen LogP contribution in [0.2, 0.25) is 5.02 Å². The highest BCUT2D eigenvalue weighted by Crippen LogP contribution is 2.31. The molecule has 2 rings (SSSR count). The molecule has 1 aliphatic rings. The van der Waals surface area contributed by atoms with Crippen LogP contribution in [0.15, 0.2) is 18.2 Å². The summed E-state index contributed by atoms with van der Waals surface area (Å²) in [5, 5.41) is 23.3. The number of hydrogen-bond acceptors (Lipinski definition) is 4. The predicted octanol–water partition coefficient (Wildman–Crippen LogP) is 1.94.